The first-order chi connectivity index (χ1) is 14.2. The molecule has 0 spiro atoms. The van der Waals surface area contributed by atoms with Gasteiger partial charge in [0.15, 0.2) is 0 Å². The van der Waals surface area contributed by atoms with Crippen LogP contribution in [0.25, 0.3) is 0 Å². The first kappa shape index (κ1) is 20.4. The van der Waals surface area contributed by atoms with Crippen LogP contribution in [-0.2, 0) is 9.53 Å². The van der Waals surface area contributed by atoms with Crippen LogP contribution in [0.15, 0.2) is 48.7 Å². The van der Waals surface area contributed by atoms with Gasteiger partial charge in [-0.2, -0.15) is 0 Å². The highest BCUT2D eigenvalue weighted by Gasteiger charge is 2.22. The van der Waals surface area contributed by atoms with Gasteiger partial charge in [-0.25, -0.2) is 9.78 Å². The molecule has 29 heavy (non-hydrogen) atoms. The molecule has 2 heterocycles. The molecule has 8 heteroatoms. The van der Waals surface area contributed by atoms with E-state index in [-0.39, 0.29) is 18.4 Å². The highest BCUT2D eigenvalue weighted by atomic mass is 16.6. The summed E-state index contributed by atoms with van der Waals surface area (Å²) in [5.74, 6) is 1.44. The third-order valence-electron chi connectivity index (χ3n) is 4.50. The molecule has 0 unspecified atom stereocenters. The normalized spacial score (nSPS) is 13.7. The van der Waals surface area contributed by atoms with E-state index >= 15 is 0 Å². The molecule has 1 saturated heterocycles. The van der Waals surface area contributed by atoms with E-state index in [1.165, 1.54) is 0 Å². The van der Waals surface area contributed by atoms with Gasteiger partial charge in [-0.15, -0.1) is 0 Å². The summed E-state index contributed by atoms with van der Waals surface area (Å²) in [6, 6.07) is 13.1. The van der Waals surface area contributed by atoms with E-state index in [4.69, 9.17) is 9.47 Å². The van der Waals surface area contributed by atoms with Crippen molar-refractivity contribution in [2.24, 2.45) is 0 Å². The molecular formula is C21H26N4O4. The predicted molar refractivity (Wildman–Crippen MR) is 110 cm³/mol. The molecule has 154 valence electrons. The lowest BCUT2D eigenvalue weighted by atomic mass is 10.3. The topological polar surface area (TPSA) is 84.0 Å². The fourth-order valence-corrected chi connectivity index (χ4v) is 2.98. The van der Waals surface area contributed by atoms with Gasteiger partial charge in [0.25, 0.3) is 0 Å². The molecule has 0 aliphatic carbocycles. The Morgan fingerprint density at radius 3 is 2.48 bits per heavy atom. The first-order valence-electron chi connectivity index (χ1n) is 9.76. The second-order valence-electron chi connectivity index (χ2n) is 6.54. The van der Waals surface area contributed by atoms with Crippen molar-refractivity contribution in [2.45, 2.75) is 13.3 Å². The van der Waals surface area contributed by atoms with Crippen molar-refractivity contribution in [1.82, 2.24) is 9.88 Å². The second-order valence-corrected chi connectivity index (χ2v) is 6.54. The van der Waals surface area contributed by atoms with E-state index < -0.39 is 0 Å². The zero-order chi connectivity index (χ0) is 20.5. The van der Waals surface area contributed by atoms with Crippen LogP contribution in [0.3, 0.4) is 0 Å². The number of carbonyl (C=O) groups excluding carboxylic acids is 2. The Kier molecular flexibility index (Phi) is 7.27. The fraction of sp³-hybridized carbons (Fsp3) is 0.381. The Labute approximate surface area is 170 Å². The lowest BCUT2D eigenvalue weighted by Gasteiger charge is -2.34. The molecule has 0 radical (unpaired) electrons. The molecular weight excluding hydrogens is 372 g/mol. The summed E-state index contributed by atoms with van der Waals surface area (Å²) >= 11 is 0. The highest BCUT2D eigenvalue weighted by Crippen LogP contribution is 2.17. The molecule has 0 bridgehead atoms. The third-order valence-corrected chi connectivity index (χ3v) is 4.50. The minimum atomic E-state index is -0.269. The standard InChI is InChI=1S/C21H26N4O4/c1-2-28-21(27)25-13-11-24(12-14-25)19-9-8-17(16-22-19)23-20(26)10-15-29-18-6-4-3-5-7-18/h3-9,16H,2,10-15H2,1H3,(H,23,26). The molecule has 1 aliphatic heterocycles. The largest absolute Gasteiger partial charge is 0.493 e. The SMILES string of the molecule is CCOC(=O)N1CCN(c2ccc(NC(=O)CCOc3ccccc3)cn2)CC1. The van der Waals surface area contributed by atoms with Gasteiger partial charge in [-0.1, -0.05) is 18.2 Å². The van der Waals surface area contributed by atoms with Gasteiger partial charge in [-0.05, 0) is 31.2 Å². The van der Waals surface area contributed by atoms with Gasteiger partial charge >= 0.3 is 6.09 Å². The van der Waals surface area contributed by atoms with Crippen molar-refractivity contribution < 1.29 is 19.1 Å². The molecule has 2 amide bonds. The summed E-state index contributed by atoms with van der Waals surface area (Å²) in [6.07, 6.45) is 1.63. The zero-order valence-electron chi connectivity index (χ0n) is 16.5. The molecule has 2 aromatic rings. The number of benzene rings is 1. The molecule has 3 rings (SSSR count). The minimum Gasteiger partial charge on any atom is -0.493 e. The summed E-state index contributed by atoms with van der Waals surface area (Å²) in [4.78, 5) is 32.1. The summed E-state index contributed by atoms with van der Waals surface area (Å²) in [6.45, 7) is 5.07. The van der Waals surface area contributed by atoms with Crippen molar-refractivity contribution >= 4 is 23.5 Å². The van der Waals surface area contributed by atoms with E-state index in [1.54, 1.807) is 18.0 Å². The van der Waals surface area contributed by atoms with Crippen LogP contribution in [0.5, 0.6) is 5.75 Å². The maximum Gasteiger partial charge on any atom is 0.409 e. The van der Waals surface area contributed by atoms with Gasteiger partial charge in [0.2, 0.25) is 5.91 Å². The average Bonchev–Trinajstić information content (AvgIpc) is 2.75. The lowest BCUT2D eigenvalue weighted by Crippen LogP contribution is -2.49. The quantitative estimate of drug-likeness (QED) is 0.772. The lowest BCUT2D eigenvalue weighted by molar-refractivity contribution is -0.116. The molecule has 0 atom stereocenters. The molecule has 1 aliphatic rings. The maximum atomic E-state index is 12.1. The number of hydrogen-bond acceptors (Lipinski definition) is 6. The van der Waals surface area contributed by atoms with E-state index in [0.717, 1.165) is 11.6 Å². The van der Waals surface area contributed by atoms with Gasteiger partial charge in [-0.3, -0.25) is 4.79 Å². The first-order valence-corrected chi connectivity index (χ1v) is 9.76. The maximum absolute atomic E-state index is 12.1. The van der Waals surface area contributed by atoms with E-state index in [9.17, 15) is 9.59 Å². The Hall–Kier alpha value is -3.29. The van der Waals surface area contributed by atoms with Gasteiger partial charge < -0.3 is 24.6 Å². The number of amides is 2. The van der Waals surface area contributed by atoms with E-state index in [0.29, 0.717) is 45.1 Å². The number of piperazine rings is 1. The number of para-hydroxylation sites is 1. The Balaban J connectivity index is 1.42. The van der Waals surface area contributed by atoms with E-state index in [1.807, 2.05) is 42.5 Å². The van der Waals surface area contributed by atoms with Crippen LogP contribution in [0.2, 0.25) is 0 Å². The molecule has 1 aromatic carbocycles. The number of hydrogen-bond donors (Lipinski definition) is 1. The van der Waals surface area contributed by atoms with Crippen molar-refractivity contribution in [3.8, 4) is 5.75 Å². The number of nitrogens with zero attached hydrogens (tertiary/aromatic N) is 3. The van der Waals surface area contributed by atoms with Crippen molar-refractivity contribution in [3.05, 3.63) is 48.7 Å². The average molecular weight is 398 g/mol. The Bertz CT molecular complexity index is 790. The zero-order valence-corrected chi connectivity index (χ0v) is 16.5. The van der Waals surface area contributed by atoms with Crippen molar-refractivity contribution in [3.63, 3.8) is 0 Å². The number of nitrogens with one attached hydrogen (secondary N) is 1. The summed E-state index contributed by atoms with van der Waals surface area (Å²) < 4.78 is 10.6. The molecule has 1 N–H and O–H groups in total. The summed E-state index contributed by atoms with van der Waals surface area (Å²) in [7, 11) is 0. The smallest absolute Gasteiger partial charge is 0.409 e. The fourth-order valence-electron chi connectivity index (χ4n) is 2.98. The minimum absolute atomic E-state index is 0.126. The van der Waals surface area contributed by atoms with Crippen LogP contribution in [0, 0.1) is 0 Å². The van der Waals surface area contributed by atoms with Crippen LogP contribution >= 0.6 is 0 Å². The van der Waals surface area contributed by atoms with Crippen molar-refractivity contribution in [2.75, 3.05) is 49.6 Å². The molecule has 0 saturated carbocycles. The van der Waals surface area contributed by atoms with Gasteiger partial charge in [0, 0.05) is 26.2 Å². The second kappa shape index (κ2) is 10.3. The molecule has 1 aromatic heterocycles. The van der Waals surface area contributed by atoms with Crippen molar-refractivity contribution in [1.29, 1.82) is 0 Å². The summed E-state index contributed by atoms with van der Waals surface area (Å²) in [5, 5.41) is 2.82. The van der Waals surface area contributed by atoms with Crippen LogP contribution in [0.1, 0.15) is 13.3 Å². The monoisotopic (exact) mass is 398 g/mol. The van der Waals surface area contributed by atoms with Crippen LogP contribution < -0.4 is 15.0 Å². The number of pyridine rings is 1. The number of rotatable bonds is 7. The van der Waals surface area contributed by atoms with Gasteiger partial charge in [0.05, 0.1) is 31.5 Å². The van der Waals surface area contributed by atoms with Crippen LogP contribution in [-0.4, -0.2) is 61.3 Å². The number of anilines is 2. The molecule has 1 fully saturated rings. The van der Waals surface area contributed by atoms with Gasteiger partial charge in [0.1, 0.15) is 11.6 Å². The Morgan fingerprint density at radius 1 is 1.07 bits per heavy atom. The highest BCUT2D eigenvalue weighted by molar-refractivity contribution is 5.90. The predicted octanol–water partition coefficient (Wildman–Crippen LogP) is 2.77. The third kappa shape index (κ3) is 6.10. The van der Waals surface area contributed by atoms with E-state index in [2.05, 4.69) is 15.2 Å². The summed E-state index contributed by atoms with van der Waals surface area (Å²) in [5.41, 5.74) is 0.642. The van der Waals surface area contributed by atoms with Crippen LogP contribution in [0.4, 0.5) is 16.3 Å². The number of carbonyl (C=O) groups is 2. The number of aromatic nitrogens is 1. The number of ether oxygens (including phenoxy) is 2. The molecule has 8 nitrogen and oxygen atoms in total. The Morgan fingerprint density at radius 2 is 1.83 bits per heavy atom.